The maximum absolute atomic E-state index is 15.5. The molecule has 0 saturated carbocycles. The Balaban J connectivity index is 1.09. The number of nitrogens with one attached hydrogen (secondary N) is 1. The Bertz CT molecular complexity index is 1930. The Morgan fingerprint density at radius 2 is 1.66 bits per heavy atom. The van der Waals surface area contributed by atoms with Gasteiger partial charge in [0, 0.05) is 73.8 Å². The number of nitrogens with zero attached hydrogens (tertiary/aromatic N) is 7. The second-order valence-corrected chi connectivity index (χ2v) is 13.5. The van der Waals surface area contributed by atoms with Gasteiger partial charge in [0.05, 0.1) is 28.7 Å². The van der Waals surface area contributed by atoms with Gasteiger partial charge in [-0.1, -0.05) is 24.6 Å². The number of hydrogen-bond acceptors (Lipinski definition) is 6. The molecule has 4 aromatic rings. The second kappa shape index (κ2) is 14.7. The average Bonchev–Trinajstić information content (AvgIpc) is 3.83. The minimum absolute atomic E-state index is 0.0327. The zero-order chi connectivity index (χ0) is 35.7. The van der Waals surface area contributed by atoms with Crippen LogP contribution in [-0.2, 0) is 24.8 Å². The Kier molecular flexibility index (Phi) is 10.4. The highest BCUT2D eigenvalue weighted by molar-refractivity contribution is 6.34. The first-order valence-corrected chi connectivity index (χ1v) is 17.2. The first-order valence-electron chi connectivity index (χ1n) is 16.9. The smallest absolute Gasteiger partial charge is 0.291 e. The van der Waals surface area contributed by atoms with Crippen LogP contribution in [0, 0.1) is 17.6 Å². The van der Waals surface area contributed by atoms with Gasteiger partial charge in [-0.2, -0.15) is 5.10 Å². The van der Waals surface area contributed by atoms with Gasteiger partial charge in [-0.3, -0.25) is 19.1 Å². The molecule has 1 fully saturated rings. The lowest BCUT2D eigenvalue weighted by Crippen LogP contribution is -2.52. The number of rotatable bonds is 10. The lowest BCUT2D eigenvalue weighted by Gasteiger charge is -2.36. The predicted molar refractivity (Wildman–Crippen MR) is 187 cm³/mol. The van der Waals surface area contributed by atoms with Crippen LogP contribution in [0.1, 0.15) is 52.9 Å². The van der Waals surface area contributed by atoms with Crippen LogP contribution in [0.4, 0.5) is 14.5 Å². The number of fused-ring (bicyclic) bond motifs is 1. The predicted octanol–water partition coefficient (Wildman–Crippen LogP) is 5.34. The Labute approximate surface area is 294 Å². The number of halogens is 3. The molecule has 14 heteroatoms. The van der Waals surface area contributed by atoms with Gasteiger partial charge in [0.2, 0.25) is 5.91 Å². The molecule has 2 aliphatic rings. The standard InChI is InChI=1S/C36H41ClF2N8O3/c1-5-22(12-14-43(2)3)35(49)45-15-17-46(18-16-45)36(50)25-9-8-23(19-28(25)37)42-34(48)33-40-21-30(44(33)4)26-11-10-24(31(38)32(26)39)27-20-41-47-13-6-7-29(27)47/h8-11,19-22H,5-7,12-18H2,1-4H3,(H,42,48). The maximum atomic E-state index is 15.5. The molecule has 0 bridgehead atoms. The molecule has 2 aromatic carbocycles. The number of carbonyl (C=O) groups excluding carboxylic acids is 3. The molecule has 1 atom stereocenters. The highest BCUT2D eigenvalue weighted by Crippen LogP contribution is 2.35. The number of amides is 3. The van der Waals surface area contributed by atoms with Gasteiger partial charge in [0.25, 0.3) is 11.8 Å². The normalized spacial score (nSPS) is 15.0. The largest absolute Gasteiger partial charge is 0.339 e. The van der Waals surface area contributed by atoms with Gasteiger partial charge < -0.3 is 24.6 Å². The molecule has 11 nitrogen and oxygen atoms in total. The van der Waals surface area contributed by atoms with Crippen molar-refractivity contribution in [2.75, 3.05) is 52.1 Å². The van der Waals surface area contributed by atoms with Gasteiger partial charge in [-0.15, -0.1) is 0 Å². The Morgan fingerprint density at radius 3 is 2.36 bits per heavy atom. The van der Waals surface area contributed by atoms with E-state index in [-0.39, 0.29) is 51.0 Å². The maximum Gasteiger partial charge on any atom is 0.291 e. The van der Waals surface area contributed by atoms with Gasteiger partial charge >= 0.3 is 0 Å². The number of aryl methyl sites for hydroxylation is 1. The van der Waals surface area contributed by atoms with E-state index < -0.39 is 17.5 Å². The number of aromatic nitrogens is 4. The van der Waals surface area contributed by atoms with E-state index >= 15 is 8.78 Å². The number of hydrogen-bond donors (Lipinski definition) is 1. The molecule has 264 valence electrons. The molecule has 0 spiro atoms. The summed E-state index contributed by atoms with van der Waals surface area (Å²) in [5.74, 6) is -2.83. The number of benzene rings is 2. The Morgan fingerprint density at radius 1 is 0.960 bits per heavy atom. The van der Waals surface area contributed by atoms with Crippen molar-refractivity contribution < 1.29 is 23.2 Å². The van der Waals surface area contributed by atoms with Crippen LogP contribution >= 0.6 is 11.6 Å². The summed E-state index contributed by atoms with van der Waals surface area (Å²) in [6.07, 6.45) is 6.11. The fourth-order valence-corrected chi connectivity index (χ4v) is 7.00. The lowest BCUT2D eigenvalue weighted by molar-refractivity contribution is -0.137. The molecule has 0 aliphatic carbocycles. The summed E-state index contributed by atoms with van der Waals surface area (Å²) in [6, 6.07) is 7.60. The van der Waals surface area contributed by atoms with Crippen LogP contribution in [-0.4, -0.2) is 98.6 Å². The number of anilines is 1. The zero-order valence-corrected chi connectivity index (χ0v) is 29.4. The summed E-state index contributed by atoms with van der Waals surface area (Å²) in [7, 11) is 5.52. The average molecular weight is 707 g/mol. The topological polar surface area (TPSA) is 109 Å². The minimum Gasteiger partial charge on any atom is -0.339 e. The lowest BCUT2D eigenvalue weighted by atomic mass is 10.00. The van der Waals surface area contributed by atoms with E-state index in [1.807, 2.05) is 30.6 Å². The molecule has 50 heavy (non-hydrogen) atoms. The SMILES string of the molecule is CCC(CCN(C)C)C(=O)N1CCN(C(=O)c2ccc(NC(=O)c3ncc(-c4ccc(-c5cnn6c5CCC6)c(F)c4F)n3C)cc2Cl)CC1. The molecule has 0 radical (unpaired) electrons. The third kappa shape index (κ3) is 6.88. The van der Waals surface area contributed by atoms with E-state index in [0.717, 1.165) is 44.5 Å². The van der Waals surface area contributed by atoms with Crippen LogP contribution < -0.4 is 5.32 Å². The van der Waals surface area contributed by atoms with E-state index in [2.05, 4.69) is 20.3 Å². The first-order chi connectivity index (χ1) is 24.0. The van der Waals surface area contributed by atoms with Crippen LogP contribution in [0.25, 0.3) is 22.4 Å². The van der Waals surface area contributed by atoms with E-state index in [0.29, 0.717) is 37.4 Å². The van der Waals surface area contributed by atoms with E-state index in [1.165, 1.54) is 29.0 Å². The summed E-state index contributed by atoms with van der Waals surface area (Å²) in [5, 5.41) is 7.17. The molecule has 1 N–H and O–H groups in total. The summed E-state index contributed by atoms with van der Waals surface area (Å²) < 4.78 is 34.0. The molecular formula is C36H41ClF2N8O3. The summed E-state index contributed by atoms with van der Waals surface area (Å²) in [6.45, 7) is 5.31. The molecule has 6 rings (SSSR count). The summed E-state index contributed by atoms with van der Waals surface area (Å²) >= 11 is 6.53. The Hall–Kier alpha value is -4.62. The van der Waals surface area contributed by atoms with Crippen LogP contribution in [0.3, 0.4) is 0 Å². The molecule has 4 heterocycles. The molecule has 2 aromatic heterocycles. The van der Waals surface area contributed by atoms with Gasteiger partial charge in [-0.25, -0.2) is 13.8 Å². The third-order valence-corrected chi connectivity index (χ3v) is 9.99. The van der Waals surface area contributed by atoms with Crippen molar-refractivity contribution in [3.05, 3.63) is 76.5 Å². The molecule has 2 aliphatic heterocycles. The number of piperazine rings is 1. The minimum atomic E-state index is -1.04. The van der Waals surface area contributed by atoms with E-state index in [9.17, 15) is 14.4 Å². The quantitative estimate of drug-likeness (QED) is 0.239. The molecule has 3 amide bonds. The van der Waals surface area contributed by atoms with Crippen molar-refractivity contribution in [2.24, 2.45) is 13.0 Å². The van der Waals surface area contributed by atoms with Crippen molar-refractivity contribution in [1.82, 2.24) is 34.0 Å². The first kappa shape index (κ1) is 35.2. The van der Waals surface area contributed by atoms with Crippen LogP contribution in [0.15, 0.2) is 42.7 Å². The third-order valence-electron chi connectivity index (χ3n) is 9.67. The van der Waals surface area contributed by atoms with Crippen molar-refractivity contribution in [1.29, 1.82) is 0 Å². The molecule has 1 saturated heterocycles. The van der Waals surface area contributed by atoms with E-state index in [4.69, 9.17) is 11.6 Å². The van der Waals surface area contributed by atoms with Gasteiger partial charge in [0.15, 0.2) is 17.5 Å². The highest BCUT2D eigenvalue weighted by atomic mass is 35.5. The van der Waals surface area contributed by atoms with Crippen LogP contribution in [0.5, 0.6) is 0 Å². The fourth-order valence-electron chi connectivity index (χ4n) is 6.74. The summed E-state index contributed by atoms with van der Waals surface area (Å²) in [5.41, 5.74) is 2.40. The molecular weight excluding hydrogens is 666 g/mol. The monoisotopic (exact) mass is 706 g/mol. The van der Waals surface area contributed by atoms with Crippen molar-refractivity contribution >= 4 is 35.0 Å². The number of imidazole rings is 1. The van der Waals surface area contributed by atoms with E-state index in [1.54, 1.807) is 30.3 Å². The van der Waals surface area contributed by atoms with Crippen LogP contribution in [0.2, 0.25) is 5.02 Å². The second-order valence-electron chi connectivity index (χ2n) is 13.1. The zero-order valence-electron chi connectivity index (χ0n) is 28.7. The molecule has 1 unspecified atom stereocenters. The van der Waals surface area contributed by atoms with Crippen molar-refractivity contribution in [3.8, 4) is 22.4 Å². The van der Waals surface area contributed by atoms with Gasteiger partial charge in [0.1, 0.15) is 0 Å². The number of carbonyl (C=O) groups is 3. The summed E-state index contributed by atoms with van der Waals surface area (Å²) in [4.78, 5) is 49.4. The fraction of sp³-hybridized carbons (Fsp3) is 0.417. The van der Waals surface area contributed by atoms with Gasteiger partial charge in [-0.05, 0) is 70.6 Å². The van der Waals surface area contributed by atoms with Crippen molar-refractivity contribution in [2.45, 2.75) is 39.2 Å². The highest BCUT2D eigenvalue weighted by Gasteiger charge is 2.30. The van der Waals surface area contributed by atoms with Crippen molar-refractivity contribution in [3.63, 3.8) is 0 Å².